The third-order valence-corrected chi connectivity index (χ3v) is 3.95. The van der Waals surface area contributed by atoms with Crippen LogP contribution in [0.15, 0.2) is 22.7 Å². The van der Waals surface area contributed by atoms with Crippen LogP contribution in [0.2, 0.25) is 5.02 Å². The summed E-state index contributed by atoms with van der Waals surface area (Å²) < 4.78 is 0.922. The largest absolute Gasteiger partial charge is 0.381 e. The highest BCUT2D eigenvalue weighted by Gasteiger charge is 2.30. The molecule has 4 heteroatoms. The van der Waals surface area contributed by atoms with E-state index in [1.807, 2.05) is 18.2 Å². The summed E-state index contributed by atoms with van der Waals surface area (Å²) in [6, 6.07) is 6.28. The van der Waals surface area contributed by atoms with Crippen LogP contribution in [-0.4, -0.2) is 12.6 Å². The Morgan fingerprint density at radius 2 is 2.27 bits per heavy atom. The Bertz CT molecular complexity index is 352. The van der Waals surface area contributed by atoms with Crippen molar-refractivity contribution < 1.29 is 0 Å². The maximum Gasteiger partial charge on any atom is 0.0568 e. The highest BCUT2D eigenvalue weighted by atomic mass is 79.9. The molecule has 0 amide bonds. The van der Waals surface area contributed by atoms with Crippen molar-refractivity contribution in [2.45, 2.75) is 18.9 Å². The quantitative estimate of drug-likeness (QED) is 0.893. The van der Waals surface area contributed by atoms with E-state index in [2.05, 4.69) is 21.2 Å². The van der Waals surface area contributed by atoms with E-state index in [-0.39, 0.29) is 0 Å². The second kappa shape index (κ2) is 4.73. The average Bonchev–Trinajstić information content (AvgIpc) is 3.03. The summed E-state index contributed by atoms with van der Waals surface area (Å²) >= 11 is 9.39. The number of nitrogens with two attached hydrogens (primary N) is 1. The lowest BCUT2D eigenvalue weighted by Gasteiger charge is -2.17. The molecule has 0 radical (unpaired) electrons. The molecule has 0 saturated heterocycles. The van der Waals surface area contributed by atoms with Crippen LogP contribution < -0.4 is 11.1 Å². The van der Waals surface area contributed by atoms with Crippen LogP contribution in [0, 0.1) is 5.92 Å². The van der Waals surface area contributed by atoms with Crippen LogP contribution >= 0.6 is 27.5 Å². The van der Waals surface area contributed by atoms with Crippen molar-refractivity contribution in [2.75, 3.05) is 11.9 Å². The Morgan fingerprint density at radius 3 is 2.80 bits per heavy atom. The average molecular weight is 290 g/mol. The van der Waals surface area contributed by atoms with E-state index in [1.54, 1.807) is 0 Å². The van der Waals surface area contributed by atoms with Crippen LogP contribution in [0.1, 0.15) is 12.8 Å². The van der Waals surface area contributed by atoms with Crippen LogP contribution in [0.25, 0.3) is 0 Å². The number of benzene rings is 1. The highest BCUT2D eigenvalue weighted by molar-refractivity contribution is 9.10. The van der Waals surface area contributed by atoms with Crippen molar-refractivity contribution in [3.8, 4) is 0 Å². The van der Waals surface area contributed by atoms with Crippen LogP contribution in [-0.2, 0) is 0 Å². The fraction of sp³-hybridized carbons (Fsp3) is 0.455. The molecule has 0 bridgehead atoms. The number of halogens is 2. The summed E-state index contributed by atoms with van der Waals surface area (Å²) in [5.41, 5.74) is 6.77. The summed E-state index contributed by atoms with van der Waals surface area (Å²) in [5, 5.41) is 4.16. The summed E-state index contributed by atoms with van der Waals surface area (Å²) in [7, 11) is 0. The van der Waals surface area contributed by atoms with E-state index >= 15 is 0 Å². The van der Waals surface area contributed by atoms with Crippen molar-refractivity contribution in [3.05, 3.63) is 27.7 Å². The van der Waals surface area contributed by atoms with Gasteiger partial charge in [-0.2, -0.15) is 0 Å². The molecule has 0 aliphatic heterocycles. The molecule has 1 aliphatic carbocycles. The first-order valence-electron chi connectivity index (χ1n) is 5.12. The zero-order valence-corrected chi connectivity index (χ0v) is 10.7. The molecule has 1 aromatic rings. The molecular weight excluding hydrogens is 275 g/mol. The van der Waals surface area contributed by atoms with Crippen molar-refractivity contribution in [1.29, 1.82) is 0 Å². The molecule has 1 atom stereocenters. The lowest BCUT2D eigenvalue weighted by molar-refractivity contribution is 0.645. The fourth-order valence-electron chi connectivity index (χ4n) is 1.67. The third kappa shape index (κ3) is 2.86. The van der Waals surface area contributed by atoms with E-state index in [0.29, 0.717) is 12.6 Å². The summed E-state index contributed by atoms with van der Waals surface area (Å²) in [4.78, 5) is 0. The van der Waals surface area contributed by atoms with Gasteiger partial charge in [0, 0.05) is 22.7 Å². The maximum atomic E-state index is 6.02. The van der Waals surface area contributed by atoms with Gasteiger partial charge in [0.2, 0.25) is 0 Å². The third-order valence-electron chi connectivity index (χ3n) is 2.72. The molecule has 1 saturated carbocycles. The molecule has 1 aromatic carbocycles. The summed E-state index contributed by atoms with van der Waals surface area (Å²) in [5.74, 6) is 0.748. The molecule has 82 valence electrons. The van der Waals surface area contributed by atoms with E-state index < -0.39 is 0 Å². The predicted molar refractivity (Wildman–Crippen MR) is 68.3 cm³/mol. The van der Waals surface area contributed by atoms with Crippen molar-refractivity contribution in [2.24, 2.45) is 11.7 Å². The highest BCUT2D eigenvalue weighted by Crippen LogP contribution is 2.34. The molecule has 2 rings (SSSR count). The lowest BCUT2D eigenvalue weighted by atomic mass is 10.1. The van der Waals surface area contributed by atoms with Crippen LogP contribution in [0.4, 0.5) is 5.69 Å². The van der Waals surface area contributed by atoms with Gasteiger partial charge in [-0.05, 0) is 52.9 Å². The summed E-state index contributed by atoms with van der Waals surface area (Å²) in [6.45, 7) is 0.679. The number of rotatable bonds is 4. The zero-order chi connectivity index (χ0) is 10.8. The molecule has 1 unspecified atom stereocenters. The topological polar surface area (TPSA) is 38.0 Å². The number of hydrogen-bond acceptors (Lipinski definition) is 2. The number of anilines is 1. The minimum Gasteiger partial charge on any atom is -0.381 e. The van der Waals surface area contributed by atoms with Gasteiger partial charge in [-0.15, -0.1) is 0 Å². The van der Waals surface area contributed by atoms with Gasteiger partial charge in [-0.1, -0.05) is 11.6 Å². The van der Waals surface area contributed by atoms with Crippen molar-refractivity contribution in [3.63, 3.8) is 0 Å². The predicted octanol–water partition coefficient (Wildman–Crippen LogP) is 3.25. The minimum absolute atomic E-state index is 0.391. The van der Waals surface area contributed by atoms with E-state index in [1.165, 1.54) is 12.8 Å². The van der Waals surface area contributed by atoms with Crippen molar-refractivity contribution >= 4 is 33.2 Å². The van der Waals surface area contributed by atoms with Gasteiger partial charge in [0.05, 0.1) is 5.02 Å². The molecule has 1 aliphatic rings. The van der Waals surface area contributed by atoms with E-state index in [4.69, 9.17) is 17.3 Å². The van der Waals surface area contributed by atoms with E-state index in [0.717, 1.165) is 21.1 Å². The Balaban J connectivity index is 2.05. The summed E-state index contributed by atoms with van der Waals surface area (Å²) in [6.07, 6.45) is 2.58. The van der Waals surface area contributed by atoms with Gasteiger partial charge < -0.3 is 11.1 Å². The smallest absolute Gasteiger partial charge is 0.0568 e. The Kier molecular flexibility index (Phi) is 3.54. The zero-order valence-electron chi connectivity index (χ0n) is 8.34. The second-order valence-electron chi connectivity index (χ2n) is 3.95. The molecule has 0 spiro atoms. The van der Waals surface area contributed by atoms with Gasteiger partial charge in [0.25, 0.3) is 0 Å². The minimum atomic E-state index is 0.391. The van der Waals surface area contributed by atoms with Crippen LogP contribution in [0.5, 0.6) is 0 Å². The first-order chi connectivity index (χ1) is 7.20. The lowest BCUT2D eigenvalue weighted by Crippen LogP contribution is -2.30. The van der Waals surface area contributed by atoms with Gasteiger partial charge in [-0.25, -0.2) is 0 Å². The van der Waals surface area contributed by atoms with Gasteiger partial charge in [0.1, 0.15) is 0 Å². The standard InChI is InChI=1S/C11H14BrClN2/c12-9-4-3-8(5-10(9)13)15-11(6-14)7-1-2-7/h3-5,7,11,15H,1-2,6,14H2. The molecule has 0 heterocycles. The maximum absolute atomic E-state index is 6.02. The van der Waals surface area contributed by atoms with Gasteiger partial charge in [-0.3, -0.25) is 0 Å². The SMILES string of the molecule is NCC(Nc1ccc(Br)c(Cl)c1)C1CC1. The van der Waals surface area contributed by atoms with Gasteiger partial charge >= 0.3 is 0 Å². The number of nitrogens with one attached hydrogen (secondary N) is 1. The molecular formula is C11H14BrClN2. The first-order valence-corrected chi connectivity index (χ1v) is 6.29. The second-order valence-corrected chi connectivity index (χ2v) is 5.21. The van der Waals surface area contributed by atoms with Gasteiger partial charge in [0.15, 0.2) is 0 Å². The normalized spacial score (nSPS) is 17.5. The Labute approximate surface area is 103 Å². The Morgan fingerprint density at radius 1 is 1.53 bits per heavy atom. The van der Waals surface area contributed by atoms with Crippen molar-refractivity contribution in [1.82, 2.24) is 0 Å². The molecule has 0 aromatic heterocycles. The fourth-order valence-corrected chi connectivity index (χ4v) is 2.09. The molecule has 3 N–H and O–H groups in total. The Hall–Kier alpha value is -0.250. The molecule has 15 heavy (non-hydrogen) atoms. The molecule has 1 fully saturated rings. The monoisotopic (exact) mass is 288 g/mol. The number of hydrogen-bond donors (Lipinski definition) is 2. The van der Waals surface area contributed by atoms with Crippen LogP contribution in [0.3, 0.4) is 0 Å². The first kappa shape index (κ1) is 11.2. The van der Waals surface area contributed by atoms with E-state index in [9.17, 15) is 0 Å². The molecule has 2 nitrogen and oxygen atoms in total.